The predicted molar refractivity (Wildman–Crippen MR) is 124 cm³/mol. The summed E-state index contributed by atoms with van der Waals surface area (Å²) >= 11 is 1.36. The van der Waals surface area contributed by atoms with E-state index in [1.54, 1.807) is 38.1 Å². The number of amides is 2. The lowest BCUT2D eigenvalue weighted by Gasteiger charge is -2.27. The maximum absolute atomic E-state index is 12.6. The van der Waals surface area contributed by atoms with Crippen LogP contribution in [0.5, 0.6) is 0 Å². The summed E-state index contributed by atoms with van der Waals surface area (Å²) in [5, 5.41) is 6.81. The summed E-state index contributed by atoms with van der Waals surface area (Å²) in [6.45, 7) is 5.39. The highest BCUT2D eigenvalue weighted by molar-refractivity contribution is 8.15. The molecule has 1 fully saturated rings. The number of hydrogen-bond donors (Lipinski definition) is 1. The van der Waals surface area contributed by atoms with E-state index in [4.69, 9.17) is 9.26 Å². The number of amidine groups is 1. The van der Waals surface area contributed by atoms with Gasteiger partial charge in [-0.05, 0) is 51.3 Å². The fourth-order valence-electron chi connectivity index (χ4n) is 3.76. The molecule has 2 aromatic rings. The van der Waals surface area contributed by atoms with E-state index < -0.39 is 11.2 Å². The van der Waals surface area contributed by atoms with E-state index in [0.717, 1.165) is 36.7 Å². The second-order valence-electron chi connectivity index (χ2n) is 8.10. The number of ether oxygens (including phenoxy) is 1. The highest BCUT2D eigenvalue weighted by atomic mass is 32.2. The summed E-state index contributed by atoms with van der Waals surface area (Å²) in [7, 11) is 0. The van der Waals surface area contributed by atoms with E-state index in [0.29, 0.717) is 22.7 Å². The first-order chi connectivity index (χ1) is 15.9. The Hall–Kier alpha value is -3.14. The van der Waals surface area contributed by atoms with E-state index in [1.807, 2.05) is 0 Å². The molecule has 0 bridgehead atoms. The van der Waals surface area contributed by atoms with Crippen molar-refractivity contribution in [1.82, 2.24) is 10.1 Å². The van der Waals surface area contributed by atoms with Crippen LogP contribution in [-0.4, -0.2) is 51.3 Å². The number of piperidine rings is 1. The minimum Gasteiger partial charge on any atom is -0.457 e. The van der Waals surface area contributed by atoms with Crippen molar-refractivity contribution >= 4 is 40.4 Å². The number of esters is 1. The number of anilines is 1. The molecule has 0 spiro atoms. The zero-order valence-electron chi connectivity index (χ0n) is 18.6. The first-order valence-electron chi connectivity index (χ1n) is 10.9. The SMILES string of the molecule is Cc1noc(C)c1COC(=O)c1cccc(NC(=O)CC2SC(N3CCCCC3)=NC2=O)c1. The van der Waals surface area contributed by atoms with Gasteiger partial charge in [0.1, 0.15) is 17.6 Å². The Morgan fingerprint density at radius 1 is 1.24 bits per heavy atom. The minimum atomic E-state index is -0.523. The molecule has 1 N–H and O–H groups in total. The third kappa shape index (κ3) is 5.62. The van der Waals surface area contributed by atoms with Gasteiger partial charge >= 0.3 is 5.97 Å². The second-order valence-corrected chi connectivity index (χ2v) is 9.27. The summed E-state index contributed by atoms with van der Waals surface area (Å²) in [4.78, 5) is 43.6. The molecular formula is C23H26N4O5S. The number of thioether (sulfide) groups is 1. The monoisotopic (exact) mass is 470 g/mol. The van der Waals surface area contributed by atoms with Gasteiger partial charge in [0.25, 0.3) is 5.91 Å². The molecule has 2 amide bonds. The Kier molecular flexibility index (Phi) is 7.12. The highest BCUT2D eigenvalue weighted by Crippen LogP contribution is 2.29. The topological polar surface area (TPSA) is 114 Å². The summed E-state index contributed by atoms with van der Waals surface area (Å²) in [5.41, 5.74) is 2.17. The number of nitrogens with one attached hydrogen (secondary N) is 1. The molecule has 2 aliphatic heterocycles. The summed E-state index contributed by atoms with van der Waals surface area (Å²) in [5.74, 6) is -0.496. The number of hydrogen-bond acceptors (Lipinski definition) is 8. The first kappa shape index (κ1) is 23.0. The van der Waals surface area contributed by atoms with E-state index >= 15 is 0 Å². The Morgan fingerprint density at radius 3 is 2.76 bits per heavy atom. The Bertz CT molecular complexity index is 1070. The van der Waals surface area contributed by atoms with Crippen molar-refractivity contribution in [1.29, 1.82) is 0 Å². The predicted octanol–water partition coefficient (Wildman–Crippen LogP) is 3.46. The van der Waals surface area contributed by atoms with E-state index in [1.165, 1.54) is 18.2 Å². The number of benzene rings is 1. The van der Waals surface area contributed by atoms with Gasteiger partial charge in [-0.1, -0.05) is 23.0 Å². The lowest BCUT2D eigenvalue weighted by atomic mass is 10.1. The first-order valence-corrected chi connectivity index (χ1v) is 11.8. The average Bonchev–Trinajstić information content (AvgIpc) is 3.34. The number of aromatic nitrogens is 1. The molecule has 0 saturated carbocycles. The van der Waals surface area contributed by atoms with Crippen LogP contribution in [0.25, 0.3) is 0 Å². The lowest BCUT2D eigenvalue weighted by molar-refractivity contribution is -0.121. The Morgan fingerprint density at radius 2 is 2.03 bits per heavy atom. The quantitative estimate of drug-likeness (QED) is 0.639. The zero-order chi connectivity index (χ0) is 23.4. The fourth-order valence-corrected chi connectivity index (χ4v) is 4.88. The second kappa shape index (κ2) is 10.2. The third-order valence-electron chi connectivity index (χ3n) is 5.64. The molecule has 1 atom stereocenters. The molecule has 10 heteroatoms. The Labute approximate surface area is 195 Å². The number of aryl methyl sites for hydroxylation is 2. The number of rotatable bonds is 6. The largest absolute Gasteiger partial charge is 0.457 e. The van der Waals surface area contributed by atoms with Gasteiger partial charge in [-0.25, -0.2) is 4.79 Å². The molecule has 9 nitrogen and oxygen atoms in total. The molecule has 0 aliphatic carbocycles. The number of likely N-dealkylation sites (tertiary alicyclic amines) is 1. The molecule has 174 valence electrons. The van der Waals surface area contributed by atoms with Crippen LogP contribution >= 0.6 is 11.8 Å². The molecule has 1 saturated heterocycles. The smallest absolute Gasteiger partial charge is 0.338 e. The van der Waals surface area contributed by atoms with Gasteiger partial charge < -0.3 is 19.5 Å². The van der Waals surface area contributed by atoms with Gasteiger partial charge in [0.2, 0.25) is 5.91 Å². The molecule has 2 aliphatic rings. The van der Waals surface area contributed by atoms with E-state index in [-0.39, 0.29) is 24.8 Å². The van der Waals surface area contributed by atoms with Crippen molar-refractivity contribution in [2.75, 3.05) is 18.4 Å². The molecule has 1 aromatic carbocycles. The van der Waals surface area contributed by atoms with Crippen LogP contribution in [0.2, 0.25) is 0 Å². The van der Waals surface area contributed by atoms with Crippen molar-refractivity contribution in [3.63, 3.8) is 0 Å². The minimum absolute atomic E-state index is 0.0189. The van der Waals surface area contributed by atoms with Gasteiger partial charge in [-0.2, -0.15) is 4.99 Å². The number of carbonyl (C=O) groups excluding carboxylic acids is 3. The summed E-state index contributed by atoms with van der Waals surface area (Å²) in [6, 6.07) is 6.50. The zero-order valence-corrected chi connectivity index (χ0v) is 19.4. The molecule has 4 rings (SSSR count). The molecular weight excluding hydrogens is 444 g/mol. The Balaban J connectivity index is 1.30. The lowest BCUT2D eigenvalue weighted by Crippen LogP contribution is -2.33. The van der Waals surface area contributed by atoms with Crippen LogP contribution in [0.4, 0.5) is 5.69 Å². The molecule has 0 radical (unpaired) electrons. The summed E-state index contributed by atoms with van der Waals surface area (Å²) in [6.07, 6.45) is 3.40. The van der Waals surface area contributed by atoms with Gasteiger partial charge in [0, 0.05) is 25.2 Å². The van der Waals surface area contributed by atoms with Crippen LogP contribution in [0, 0.1) is 13.8 Å². The van der Waals surface area contributed by atoms with Crippen LogP contribution in [0.3, 0.4) is 0 Å². The standard InChI is InChI=1S/C23H26N4O5S/c1-14-18(15(2)32-26-14)13-31-22(30)16-7-6-8-17(11-16)24-20(28)12-19-21(29)25-23(33-19)27-9-4-3-5-10-27/h6-8,11,19H,3-5,9-10,12-13H2,1-2H3,(H,24,28). The van der Waals surface area contributed by atoms with Crippen LogP contribution in [0.1, 0.15) is 53.1 Å². The maximum Gasteiger partial charge on any atom is 0.338 e. The van der Waals surface area contributed by atoms with Crippen molar-refractivity contribution in [2.45, 2.75) is 51.4 Å². The number of nitrogens with zero attached hydrogens (tertiary/aromatic N) is 3. The van der Waals surface area contributed by atoms with Crippen molar-refractivity contribution in [3.05, 3.63) is 46.8 Å². The number of aliphatic imine (C=N–C) groups is 1. The van der Waals surface area contributed by atoms with Gasteiger partial charge in [-0.15, -0.1) is 0 Å². The molecule has 33 heavy (non-hydrogen) atoms. The summed E-state index contributed by atoms with van der Waals surface area (Å²) < 4.78 is 10.4. The van der Waals surface area contributed by atoms with Crippen LogP contribution < -0.4 is 5.32 Å². The van der Waals surface area contributed by atoms with Gasteiger partial charge in [0.15, 0.2) is 5.17 Å². The van der Waals surface area contributed by atoms with Gasteiger partial charge in [0.05, 0.1) is 16.8 Å². The molecule has 3 heterocycles. The third-order valence-corrected chi connectivity index (χ3v) is 6.85. The van der Waals surface area contributed by atoms with Crippen molar-refractivity contribution < 1.29 is 23.6 Å². The van der Waals surface area contributed by atoms with E-state index in [2.05, 4.69) is 20.4 Å². The van der Waals surface area contributed by atoms with Gasteiger partial charge in [-0.3, -0.25) is 9.59 Å². The molecule has 1 aromatic heterocycles. The fraction of sp³-hybridized carbons (Fsp3) is 0.435. The van der Waals surface area contributed by atoms with Crippen molar-refractivity contribution in [2.24, 2.45) is 4.99 Å². The average molecular weight is 471 g/mol. The highest BCUT2D eigenvalue weighted by Gasteiger charge is 2.33. The molecule has 1 unspecified atom stereocenters. The number of carbonyl (C=O) groups is 3. The normalized spacial score (nSPS) is 18.2. The van der Waals surface area contributed by atoms with Crippen LogP contribution in [-0.2, 0) is 20.9 Å². The van der Waals surface area contributed by atoms with Crippen LogP contribution in [0.15, 0.2) is 33.8 Å². The van der Waals surface area contributed by atoms with E-state index in [9.17, 15) is 14.4 Å². The maximum atomic E-state index is 12.6. The van der Waals surface area contributed by atoms with Crippen molar-refractivity contribution in [3.8, 4) is 0 Å².